The van der Waals surface area contributed by atoms with Gasteiger partial charge in [0.25, 0.3) is 0 Å². The van der Waals surface area contributed by atoms with Crippen LogP contribution in [0.5, 0.6) is 0 Å². The molecule has 3 aliphatic carbocycles. The van der Waals surface area contributed by atoms with E-state index >= 15 is 0 Å². The minimum Gasteiger partial charge on any atom is -0.550 e. The van der Waals surface area contributed by atoms with Crippen molar-refractivity contribution in [3.05, 3.63) is 0 Å². The van der Waals surface area contributed by atoms with Crippen LogP contribution in [-0.4, -0.2) is 17.9 Å². The molecule has 4 heteroatoms. The number of nitrogens with one attached hydrogen (secondary N) is 1. The molecule has 1 amide bonds. The highest BCUT2D eigenvalue weighted by Crippen LogP contribution is 2.52. The molecule has 4 nitrogen and oxygen atoms in total. The van der Waals surface area contributed by atoms with Crippen LogP contribution in [0.1, 0.15) is 59.3 Å². The molecule has 0 unspecified atom stereocenters. The second-order valence-electron chi connectivity index (χ2n) is 8.82. The first-order valence-electron chi connectivity index (χ1n) is 8.78. The first-order chi connectivity index (χ1) is 10.3. The van der Waals surface area contributed by atoms with Gasteiger partial charge < -0.3 is 15.2 Å². The molecule has 124 valence electrons. The predicted octanol–water partition coefficient (Wildman–Crippen LogP) is 1.73. The number of hydrogen-bond acceptors (Lipinski definition) is 3. The lowest BCUT2D eigenvalue weighted by Gasteiger charge is -2.40. The molecule has 0 aliphatic heterocycles. The standard InChI is InChI=1S/C18H29NO3/c1-10-6-13(9-18(2,3)8-10)19-16(20)14-11-4-5-12(7-11)15(14)17(21)22/h10-15H,4-9H2,1-3H3,(H,19,20)(H,21,22)/p-1/t10-,11-,12-,13+,14+,15-/m0/s1. The Balaban J connectivity index is 1.68. The smallest absolute Gasteiger partial charge is 0.224 e. The van der Waals surface area contributed by atoms with Crippen LogP contribution in [0.15, 0.2) is 0 Å². The topological polar surface area (TPSA) is 69.2 Å². The van der Waals surface area contributed by atoms with E-state index in [-0.39, 0.29) is 35.1 Å². The van der Waals surface area contributed by atoms with Crippen LogP contribution in [0.4, 0.5) is 0 Å². The Morgan fingerprint density at radius 2 is 1.68 bits per heavy atom. The Morgan fingerprint density at radius 3 is 2.27 bits per heavy atom. The van der Waals surface area contributed by atoms with Crippen molar-refractivity contribution >= 4 is 11.9 Å². The molecular weight excluding hydrogens is 278 g/mol. The van der Waals surface area contributed by atoms with Crippen LogP contribution in [0.25, 0.3) is 0 Å². The van der Waals surface area contributed by atoms with Crippen molar-refractivity contribution < 1.29 is 14.7 Å². The minimum absolute atomic E-state index is 0.0312. The molecule has 6 atom stereocenters. The largest absolute Gasteiger partial charge is 0.550 e. The summed E-state index contributed by atoms with van der Waals surface area (Å²) >= 11 is 0. The van der Waals surface area contributed by atoms with Crippen molar-refractivity contribution in [3.8, 4) is 0 Å². The fourth-order valence-electron chi connectivity index (χ4n) is 5.76. The van der Waals surface area contributed by atoms with Crippen LogP contribution < -0.4 is 10.4 Å². The van der Waals surface area contributed by atoms with Gasteiger partial charge in [-0.05, 0) is 61.7 Å². The monoisotopic (exact) mass is 306 g/mol. The fourth-order valence-corrected chi connectivity index (χ4v) is 5.76. The number of aliphatic carboxylic acids is 1. The first-order valence-corrected chi connectivity index (χ1v) is 8.78. The van der Waals surface area contributed by atoms with Gasteiger partial charge in [0.2, 0.25) is 5.91 Å². The SMILES string of the molecule is C[C@H]1C[C@@H](NC(=O)[C@@H]2[C@H]3CC[C@@H](C3)[C@@H]2C(=O)[O-])CC(C)(C)C1. The molecule has 22 heavy (non-hydrogen) atoms. The maximum Gasteiger partial charge on any atom is 0.224 e. The number of carbonyl (C=O) groups is 2. The minimum atomic E-state index is -1.02. The number of hydrogen-bond donors (Lipinski definition) is 1. The average Bonchev–Trinajstić information content (AvgIpc) is 2.95. The summed E-state index contributed by atoms with van der Waals surface area (Å²) in [5.74, 6) is -0.960. The zero-order valence-electron chi connectivity index (χ0n) is 13.9. The Labute approximate surface area is 133 Å². The van der Waals surface area contributed by atoms with E-state index in [2.05, 4.69) is 26.1 Å². The van der Waals surface area contributed by atoms with Gasteiger partial charge in [-0.3, -0.25) is 4.79 Å². The van der Waals surface area contributed by atoms with Gasteiger partial charge in [-0.15, -0.1) is 0 Å². The molecule has 1 N–H and O–H groups in total. The third kappa shape index (κ3) is 2.89. The average molecular weight is 306 g/mol. The number of fused-ring (bicyclic) bond motifs is 2. The maximum absolute atomic E-state index is 12.7. The summed E-state index contributed by atoms with van der Waals surface area (Å²) in [4.78, 5) is 24.2. The van der Waals surface area contributed by atoms with Gasteiger partial charge in [0, 0.05) is 23.8 Å². The number of amides is 1. The van der Waals surface area contributed by atoms with E-state index in [0.29, 0.717) is 5.92 Å². The lowest BCUT2D eigenvalue weighted by Crippen LogP contribution is -2.50. The van der Waals surface area contributed by atoms with E-state index in [1.807, 2.05) is 0 Å². The lowest BCUT2D eigenvalue weighted by atomic mass is 9.70. The second kappa shape index (κ2) is 5.54. The van der Waals surface area contributed by atoms with E-state index in [1.54, 1.807) is 0 Å². The van der Waals surface area contributed by atoms with Crippen molar-refractivity contribution in [3.63, 3.8) is 0 Å². The lowest BCUT2D eigenvalue weighted by molar-refractivity contribution is -0.314. The van der Waals surface area contributed by atoms with Crippen molar-refractivity contribution in [2.24, 2.45) is 35.0 Å². The molecule has 3 saturated carbocycles. The van der Waals surface area contributed by atoms with Crippen LogP contribution in [0.3, 0.4) is 0 Å². The van der Waals surface area contributed by atoms with Crippen molar-refractivity contribution in [2.45, 2.75) is 65.3 Å². The van der Waals surface area contributed by atoms with Crippen molar-refractivity contribution in [2.75, 3.05) is 0 Å². The Bertz CT molecular complexity index is 473. The molecule has 0 aromatic heterocycles. The number of carboxylic acids is 1. The molecule has 0 aromatic rings. The molecule has 3 aliphatic rings. The van der Waals surface area contributed by atoms with Crippen LogP contribution in [0, 0.1) is 35.0 Å². The predicted molar refractivity (Wildman–Crippen MR) is 81.5 cm³/mol. The van der Waals surface area contributed by atoms with Crippen molar-refractivity contribution in [1.82, 2.24) is 5.32 Å². The van der Waals surface area contributed by atoms with E-state index in [4.69, 9.17) is 0 Å². The normalized spacial score (nSPS) is 43.0. The first kappa shape index (κ1) is 15.8. The van der Waals surface area contributed by atoms with Crippen molar-refractivity contribution in [1.29, 1.82) is 0 Å². The van der Waals surface area contributed by atoms with E-state index in [9.17, 15) is 14.7 Å². The summed E-state index contributed by atoms with van der Waals surface area (Å²) in [6, 6.07) is 0.188. The quantitative estimate of drug-likeness (QED) is 0.863. The Morgan fingerprint density at radius 1 is 1.05 bits per heavy atom. The second-order valence-corrected chi connectivity index (χ2v) is 8.82. The summed E-state index contributed by atoms with van der Waals surface area (Å²) in [6.07, 6.45) is 6.02. The molecule has 0 radical (unpaired) electrons. The third-order valence-electron chi connectivity index (χ3n) is 6.22. The molecule has 3 fully saturated rings. The van der Waals surface area contributed by atoms with Gasteiger partial charge >= 0.3 is 0 Å². The molecule has 0 aromatic carbocycles. The molecule has 3 rings (SSSR count). The highest BCUT2D eigenvalue weighted by atomic mass is 16.4. The number of carboxylic acid groups (broad SMARTS) is 1. The molecule has 0 heterocycles. The Kier molecular flexibility index (Phi) is 3.98. The van der Waals surface area contributed by atoms with E-state index in [0.717, 1.165) is 32.1 Å². The highest BCUT2D eigenvalue weighted by Gasteiger charge is 2.51. The van der Waals surface area contributed by atoms with Gasteiger partial charge in [-0.1, -0.05) is 20.8 Å². The molecule has 0 saturated heterocycles. The zero-order valence-corrected chi connectivity index (χ0v) is 13.9. The molecule has 0 spiro atoms. The number of carbonyl (C=O) groups excluding carboxylic acids is 2. The van der Waals surface area contributed by atoms with Crippen LogP contribution in [-0.2, 0) is 9.59 Å². The number of rotatable bonds is 3. The van der Waals surface area contributed by atoms with Gasteiger partial charge in [-0.2, -0.15) is 0 Å². The summed E-state index contributed by atoms with van der Waals surface area (Å²) in [7, 11) is 0. The third-order valence-corrected chi connectivity index (χ3v) is 6.22. The summed E-state index contributed by atoms with van der Waals surface area (Å²) in [5.41, 5.74) is 0.248. The van der Waals surface area contributed by atoms with Gasteiger partial charge in [0.15, 0.2) is 0 Å². The highest BCUT2D eigenvalue weighted by molar-refractivity contribution is 5.85. The molecular formula is C18H28NO3-. The Hall–Kier alpha value is -1.06. The van der Waals surface area contributed by atoms with Crippen LogP contribution >= 0.6 is 0 Å². The summed E-state index contributed by atoms with van der Waals surface area (Å²) < 4.78 is 0. The van der Waals surface area contributed by atoms with Gasteiger partial charge in [0.1, 0.15) is 0 Å². The van der Waals surface area contributed by atoms with Gasteiger partial charge in [0.05, 0.1) is 0 Å². The fraction of sp³-hybridized carbons (Fsp3) is 0.889. The maximum atomic E-state index is 12.7. The van der Waals surface area contributed by atoms with Gasteiger partial charge in [-0.25, -0.2) is 0 Å². The van der Waals surface area contributed by atoms with E-state index < -0.39 is 11.9 Å². The van der Waals surface area contributed by atoms with E-state index in [1.165, 1.54) is 6.42 Å². The summed E-state index contributed by atoms with van der Waals surface area (Å²) in [5, 5.41) is 14.6. The zero-order chi connectivity index (χ0) is 16.1. The molecule has 2 bridgehead atoms. The van der Waals surface area contributed by atoms with Crippen LogP contribution in [0.2, 0.25) is 0 Å². The summed E-state index contributed by atoms with van der Waals surface area (Å²) in [6.45, 7) is 6.74.